The minimum Gasteiger partial charge on any atom is -0.320 e. The van der Waals surface area contributed by atoms with Gasteiger partial charge >= 0.3 is 18.0 Å². The number of rotatable bonds is 3. The number of benzene rings is 1. The van der Waals surface area contributed by atoms with E-state index in [2.05, 4.69) is 5.10 Å². The lowest BCUT2D eigenvalue weighted by Gasteiger charge is -2.15. The van der Waals surface area contributed by atoms with Gasteiger partial charge in [0.2, 0.25) is 0 Å². The number of aromatic amines is 1. The Kier molecular flexibility index (Phi) is 5.87. The number of halogens is 8. The highest BCUT2D eigenvalue weighted by Crippen LogP contribution is 2.32. The molecule has 0 aliphatic heterocycles. The van der Waals surface area contributed by atoms with Crippen molar-refractivity contribution >= 4 is 23.2 Å². The Hall–Kier alpha value is -3.62. The van der Waals surface area contributed by atoms with E-state index in [1.165, 1.54) is 0 Å². The van der Waals surface area contributed by atoms with Crippen LogP contribution in [0.1, 0.15) is 21.7 Å². The van der Waals surface area contributed by atoms with E-state index < -0.39 is 68.7 Å². The zero-order valence-electron chi connectivity index (χ0n) is 15.9. The van der Waals surface area contributed by atoms with Gasteiger partial charge < -0.3 is 5.32 Å². The predicted molar refractivity (Wildman–Crippen MR) is 98.8 cm³/mol. The number of alkyl halides is 6. The van der Waals surface area contributed by atoms with E-state index in [9.17, 15) is 45.1 Å². The molecule has 8 nitrogen and oxygen atoms in total. The number of hydrogen-bond donors (Lipinski definition) is 2. The molecule has 176 valence electrons. The van der Waals surface area contributed by atoms with Crippen molar-refractivity contribution in [1.29, 1.82) is 0 Å². The summed E-state index contributed by atoms with van der Waals surface area (Å²) in [5.41, 5.74) is -8.63. The summed E-state index contributed by atoms with van der Waals surface area (Å²) in [4.78, 5) is 36.9. The lowest BCUT2D eigenvalue weighted by molar-refractivity contribution is -0.144. The van der Waals surface area contributed by atoms with Gasteiger partial charge in [-0.1, -0.05) is 11.6 Å². The average Bonchev–Trinajstić information content (AvgIpc) is 3.17. The topological polar surface area (TPSA) is 102 Å². The van der Waals surface area contributed by atoms with Crippen LogP contribution in [0, 0.1) is 5.82 Å². The summed E-state index contributed by atoms with van der Waals surface area (Å²) < 4.78 is 92.4. The van der Waals surface area contributed by atoms with Crippen LogP contribution in [0.4, 0.5) is 36.4 Å². The molecule has 1 amide bonds. The molecule has 33 heavy (non-hydrogen) atoms. The first-order valence-corrected chi connectivity index (χ1v) is 8.82. The molecule has 0 radical (unpaired) electrons. The van der Waals surface area contributed by atoms with Crippen LogP contribution in [-0.4, -0.2) is 25.2 Å². The van der Waals surface area contributed by atoms with Gasteiger partial charge in [-0.25, -0.2) is 13.8 Å². The molecular formula is C17H9ClF7N5O3. The highest BCUT2D eigenvalue weighted by atomic mass is 35.5. The zero-order valence-corrected chi connectivity index (χ0v) is 16.7. The Morgan fingerprint density at radius 1 is 1.09 bits per heavy atom. The first-order valence-electron chi connectivity index (χ1n) is 8.44. The summed E-state index contributed by atoms with van der Waals surface area (Å²) in [5.74, 6) is -2.72. The minimum atomic E-state index is -5.06. The van der Waals surface area contributed by atoms with Crippen LogP contribution in [0.15, 0.2) is 34.0 Å². The van der Waals surface area contributed by atoms with Crippen LogP contribution in [-0.2, 0) is 19.4 Å². The molecule has 2 heterocycles. The van der Waals surface area contributed by atoms with Gasteiger partial charge in [0.25, 0.3) is 11.5 Å². The number of carbonyl (C=O) groups is 1. The van der Waals surface area contributed by atoms with E-state index in [1.807, 2.05) is 5.32 Å². The number of aromatic nitrogens is 4. The van der Waals surface area contributed by atoms with Gasteiger partial charge in [0.05, 0.1) is 28.2 Å². The molecular weight excluding hydrogens is 491 g/mol. The van der Waals surface area contributed by atoms with Crippen molar-refractivity contribution < 1.29 is 35.5 Å². The Labute approximate surface area is 182 Å². The van der Waals surface area contributed by atoms with Crippen LogP contribution >= 0.6 is 11.6 Å². The van der Waals surface area contributed by atoms with Crippen molar-refractivity contribution in [3.8, 4) is 5.69 Å². The summed E-state index contributed by atoms with van der Waals surface area (Å²) in [7, 11) is 0.690. The fourth-order valence-electron chi connectivity index (χ4n) is 2.79. The van der Waals surface area contributed by atoms with Crippen LogP contribution in [0.2, 0.25) is 5.02 Å². The van der Waals surface area contributed by atoms with Crippen molar-refractivity contribution in [2.75, 3.05) is 5.32 Å². The van der Waals surface area contributed by atoms with Gasteiger partial charge in [-0.2, -0.15) is 31.4 Å². The smallest absolute Gasteiger partial charge is 0.320 e. The van der Waals surface area contributed by atoms with Crippen LogP contribution in [0.5, 0.6) is 0 Å². The third kappa shape index (κ3) is 4.48. The standard InChI is InChI=1S/C17H9ClF7N5O3/c1-29-11(16(20,21)22)4-12(31)30(15(29)33)10-3-9(7(18)2-8(10)19)27-14(32)6-5-26-28-13(6)17(23,24)25/h2-5H,1H3,(H,26,28)(H,27,32). The Morgan fingerprint density at radius 2 is 1.73 bits per heavy atom. The molecule has 0 atom stereocenters. The van der Waals surface area contributed by atoms with Crippen LogP contribution < -0.4 is 16.6 Å². The lowest BCUT2D eigenvalue weighted by atomic mass is 10.2. The Morgan fingerprint density at radius 3 is 2.30 bits per heavy atom. The number of anilines is 1. The predicted octanol–water partition coefficient (Wildman–Crippen LogP) is 3.34. The van der Waals surface area contributed by atoms with E-state index in [4.69, 9.17) is 11.6 Å². The third-order valence-corrected chi connectivity index (χ3v) is 4.62. The molecule has 0 unspecified atom stereocenters. The van der Waals surface area contributed by atoms with Gasteiger partial charge in [0, 0.05) is 13.1 Å². The van der Waals surface area contributed by atoms with Crippen molar-refractivity contribution in [1.82, 2.24) is 19.3 Å². The molecule has 0 spiro atoms. The van der Waals surface area contributed by atoms with Gasteiger partial charge in [-0.3, -0.25) is 19.3 Å². The maximum atomic E-state index is 14.5. The minimum absolute atomic E-state index is 0.0373. The van der Waals surface area contributed by atoms with E-state index >= 15 is 0 Å². The van der Waals surface area contributed by atoms with Crippen LogP contribution in [0.25, 0.3) is 5.69 Å². The second-order valence-corrected chi connectivity index (χ2v) is 6.84. The summed E-state index contributed by atoms with van der Waals surface area (Å²) >= 11 is 5.80. The van der Waals surface area contributed by atoms with Crippen molar-refractivity contribution in [2.45, 2.75) is 12.4 Å². The number of nitrogens with zero attached hydrogens (tertiary/aromatic N) is 3. The molecule has 1 aromatic carbocycles. The van der Waals surface area contributed by atoms with Crippen molar-refractivity contribution in [3.05, 3.63) is 73.0 Å². The molecule has 3 rings (SSSR count). The van der Waals surface area contributed by atoms with Gasteiger partial charge in [-0.05, 0) is 12.1 Å². The summed E-state index contributed by atoms with van der Waals surface area (Å²) in [6, 6.07) is 1.17. The second kappa shape index (κ2) is 8.06. The molecule has 0 fully saturated rings. The Balaban J connectivity index is 2.12. The van der Waals surface area contributed by atoms with Crippen molar-refractivity contribution in [3.63, 3.8) is 0 Å². The third-order valence-electron chi connectivity index (χ3n) is 4.30. The average molecular weight is 500 g/mol. The number of H-pyrrole nitrogens is 1. The quantitative estimate of drug-likeness (QED) is 0.540. The number of nitrogens with one attached hydrogen (secondary N) is 2. The number of carbonyl (C=O) groups excluding carboxylic acids is 1. The number of amides is 1. The maximum Gasteiger partial charge on any atom is 0.433 e. The molecule has 2 aromatic heterocycles. The molecule has 0 saturated carbocycles. The molecule has 3 aromatic rings. The largest absolute Gasteiger partial charge is 0.433 e. The van der Waals surface area contributed by atoms with E-state index in [-0.39, 0.29) is 15.2 Å². The highest BCUT2D eigenvalue weighted by Gasteiger charge is 2.38. The first-order chi connectivity index (χ1) is 15.1. The lowest BCUT2D eigenvalue weighted by Crippen LogP contribution is -2.41. The summed E-state index contributed by atoms with van der Waals surface area (Å²) in [6.07, 6.45) is -9.47. The molecule has 0 aliphatic carbocycles. The SMILES string of the molecule is Cn1c(C(F)(F)F)cc(=O)n(-c2cc(NC(=O)c3cn[nH]c3C(F)(F)F)c(Cl)cc2F)c1=O. The summed E-state index contributed by atoms with van der Waals surface area (Å²) in [6.45, 7) is 0. The monoisotopic (exact) mass is 499 g/mol. The van der Waals surface area contributed by atoms with Crippen LogP contribution in [0.3, 0.4) is 0 Å². The molecule has 0 saturated heterocycles. The van der Waals surface area contributed by atoms with Crippen molar-refractivity contribution in [2.24, 2.45) is 7.05 Å². The van der Waals surface area contributed by atoms with E-state index in [0.29, 0.717) is 25.4 Å². The van der Waals surface area contributed by atoms with E-state index in [0.717, 1.165) is 0 Å². The Bertz CT molecular complexity index is 1370. The van der Waals surface area contributed by atoms with Gasteiger partial charge in [0.15, 0.2) is 5.69 Å². The van der Waals surface area contributed by atoms with E-state index in [1.54, 1.807) is 5.10 Å². The second-order valence-electron chi connectivity index (χ2n) is 6.44. The molecule has 0 bridgehead atoms. The fourth-order valence-corrected chi connectivity index (χ4v) is 2.99. The van der Waals surface area contributed by atoms with Gasteiger partial charge in [0.1, 0.15) is 11.5 Å². The number of hydrogen-bond acceptors (Lipinski definition) is 4. The first kappa shape index (κ1) is 24.0. The normalized spacial score (nSPS) is 12.2. The molecule has 0 aliphatic rings. The summed E-state index contributed by atoms with van der Waals surface area (Å²) in [5, 5.41) is 6.14. The zero-order chi connectivity index (χ0) is 24.9. The van der Waals surface area contributed by atoms with Gasteiger partial charge in [-0.15, -0.1) is 0 Å². The molecule has 2 N–H and O–H groups in total. The fraction of sp³-hybridized carbons (Fsp3) is 0.176. The molecule has 16 heteroatoms. The highest BCUT2D eigenvalue weighted by molar-refractivity contribution is 6.34. The maximum absolute atomic E-state index is 14.5.